The Balaban J connectivity index is 0.00000220. The van der Waals surface area contributed by atoms with Crippen molar-refractivity contribution < 1.29 is 4.52 Å². The van der Waals surface area contributed by atoms with Crippen molar-refractivity contribution in [1.82, 2.24) is 15.0 Å². The molecule has 0 radical (unpaired) electrons. The smallest absolute Gasteiger partial charge is 0.231 e. The number of rotatable bonds is 5. The van der Waals surface area contributed by atoms with Gasteiger partial charge in [0.25, 0.3) is 0 Å². The molecule has 2 unspecified atom stereocenters. The summed E-state index contributed by atoms with van der Waals surface area (Å²) in [5.41, 5.74) is 8.06. The van der Waals surface area contributed by atoms with Crippen LogP contribution in [0.25, 0.3) is 11.4 Å². The fourth-order valence-electron chi connectivity index (χ4n) is 1.89. The van der Waals surface area contributed by atoms with Gasteiger partial charge in [0.1, 0.15) is 0 Å². The summed E-state index contributed by atoms with van der Waals surface area (Å²) in [6, 6.07) is 8.19. The van der Waals surface area contributed by atoms with Gasteiger partial charge in [-0.15, -0.1) is 12.4 Å². The van der Waals surface area contributed by atoms with E-state index < -0.39 is 0 Å². The van der Waals surface area contributed by atoms with E-state index in [4.69, 9.17) is 10.3 Å². The Morgan fingerprint density at radius 1 is 1.19 bits per heavy atom. The van der Waals surface area contributed by atoms with Gasteiger partial charge in [-0.25, -0.2) is 0 Å². The van der Waals surface area contributed by atoms with Crippen molar-refractivity contribution in [2.45, 2.75) is 32.4 Å². The number of nitrogens with two attached hydrogens (primary N) is 1. The average molecular weight is 311 g/mol. The molecule has 6 heteroatoms. The highest BCUT2D eigenvalue weighted by Crippen LogP contribution is 2.21. The second kappa shape index (κ2) is 7.54. The van der Waals surface area contributed by atoms with Crippen LogP contribution in [-0.2, 0) is 6.54 Å². The molecule has 0 saturated heterocycles. The maximum Gasteiger partial charge on any atom is 0.231 e. The van der Waals surface area contributed by atoms with Crippen LogP contribution >= 0.6 is 12.4 Å². The molecular formula is C15H23ClN4O. The van der Waals surface area contributed by atoms with Gasteiger partial charge in [0.15, 0.2) is 0 Å². The summed E-state index contributed by atoms with van der Waals surface area (Å²) in [5, 5.41) is 4.03. The molecule has 0 aliphatic carbocycles. The minimum absolute atomic E-state index is 0. The van der Waals surface area contributed by atoms with E-state index in [-0.39, 0.29) is 24.4 Å². The van der Waals surface area contributed by atoms with E-state index in [0.29, 0.717) is 11.7 Å². The van der Waals surface area contributed by atoms with Crippen LogP contribution in [0.2, 0.25) is 0 Å². The summed E-state index contributed by atoms with van der Waals surface area (Å²) in [6.45, 7) is 4.84. The fourth-order valence-corrected chi connectivity index (χ4v) is 1.89. The summed E-state index contributed by atoms with van der Waals surface area (Å²) in [4.78, 5) is 6.55. The molecule has 5 nitrogen and oxygen atoms in total. The first-order valence-electron chi connectivity index (χ1n) is 6.80. The number of nitrogens with zero attached hydrogens (tertiary/aromatic N) is 3. The normalized spacial score (nSPS) is 13.8. The quantitative estimate of drug-likeness (QED) is 0.919. The Hall–Kier alpha value is -1.43. The van der Waals surface area contributed by atoms with Crippen molar-refractivity contribution in [2.24, 2.45) is 5.73 Å². The molecule has 2 atom stereocenters. The van der Waals surface area contributed by atoms with E-state index >= 15 is 0 Å². The first kappa shape index (κ1) is 17.6. The lowest BCUT2D eigenvalue weighted by Gasteiger charge is -2.09. The molecule has 21 heavy (non-hydrogen) atoms. The molecule has 116 valence electrons. The predicted molar refractivity (Wildman–Crippen MR) is 86.4 cm³/mol. The van der Waals surface area contributed by atoms with E-state index in [1.807, 2.05) is 26.0 Å². The van der Waals surface area contributed by atoms with Crippen LogP contribution in [-0.4, -0.2) is 35.2 Å². The zero-order chi connectivity index (χ0) is 14.7. The lowest BCUT2D eigenvalue weighted by atomic mass is 10.1. The van der Waals surface area contributed by atoms with Crippen LogP contribution in [0.5, 0.6) is 0 Å². The molecule has 0 fully saturated rings. The van der Waals surface area contributed by atoms with Crippen molar-refractivity contribution in [3.05, 3.63) is 35.7 Å². The van der Waals surface area contributed by atoms with E-state index in [1.165, 1.54) is 5.56 Å². The molecule has 0 amide bonds. The highest BCUT2D eigenvalue weighted by molar-refractivity contribution is 5.85. The number of hydrogen-bond donors (Lipinski definition) is 1. The van der Waals surface area contributed by atoms with Crippen molar-refractivity contribution in [3.63, 3.8) is 0 Å². The Bertz CT molecular complexity index is 551. The van der Waals surface area contributed by atoms with Gasteiger partial charge in [-0.05, 0) is 26.6 Å². The molecule has 1 heterocycles. The third kappa shape index (κ3) is 4.52. The van der Waals surface area contributed by atoms with Gasteiger partial charge < -0.3 is 15.2 Å². The molecule has 0 bridgehead atoms. The van der Waals surface area contributed by atoms with E-state index in [9.17, 15) is 0 Å². The third-order valence-electron chi connectivity index (χ3n) is 3.33. The molecule has 2 rings (SSSR count). The maximum atomic E-state index is 5.85. The SMILES string of the molecule is CC(N)C(C)c1nc(-c2ccc(CN(C)C)cc2)no1.Cl. The van der Waals surface area contributed by atoms with Crippen molar-refractivity contribution in [1.29, 1.82) is 0 Å². The summed E-state index contributed by atoms with van der Waals surface area (Å²) in [7, 11) is 4.10. The molecule has 0 aliphatic rings. The van der Waals surface area contributed by atoms with Crippen LogP contribution in [0.4, 0.5) is 0 Å². The Morgan fingerprint density at radius 2 is 1.81 bits per heavy atom. The summed E-state index contributed by atoms with van der Waals surface area (Å²) >= 11 is 0. The zero-order valence-corrected chi connectivity index (χ0v) is 13.7. The monoisotopic (exact) mass is 310 g/mol. The van der Waals surface area contributed by atoms with Crippen molar-refractivity contribution >= 4 is 12.4 Å². The first-order chi connectivity index (χ1) is 9.47. The second-order valence-electron chi connectivity index (χ2n) is 5.54. The minimum atomic E-state index is -0.00855. The summed E-state index contributed by atoms with van der Waals surface area (Å²) < 4.78 is 5.29. The molecule has 0 spiro atoms. The number of aromatic nitrogens is 2. The molecule has 1 aromatic carbocycles. The largest absolute Gasteiger partial charge is 0.339 e. The van der Waals surface area contributed by atoms with Crippen LogP contribution < -0.4 is 5.73 Å². The molecule has 2 N–H and O–H groups in total. The second-order valence-corrected chi connectivity index (χ2v) is 5.54. The Kier molecular flexibility index (Phi) is 6.33. The first-order valence-corrected chi connectivity index (χ1v) is 6.80. The standard InChI is InChI=1S/C15H22N4O.ClH/c1-10(11(2)16)15-17-14(18-20-15)13-7-5-12(6-8-13)9-19(3)4;/h5-8,10-11H,9,16H2,1-4H3;1H. The van der Waals surface area contributed by atoms with E-state index in [0.717, 1.165) is 12.1 Å². The minimum Gasteiger partial charge on any atom is -0.339 e. The Morgan fingerprint density at radius 3 is 2.33 bits per heavy atom. The van der Waals surface area contributed by atoms with E-state index in [2.05, 4.69) is 41.3 Å². The van der Waals surface area contributed by atoms with Gasteiger partial charge in [0, 0.05) is 18.2 Å². The maximum absolute atomic E-state index is 5.85. The predicted octanol–water partition coefficient (Wildman–Crippen LogP) is 2.67. The lowest BCUT2D eigenvalue weighted by Crippen LogP contribution is -2.22. The molecular weight excluding hydrogens is 288 g/mol. The number of benzene rings is 1. The van der Waals surface area contributed by atoms with Crippen LogP contribution in [0, 0.1) is 0 Å². The summed E-state index contributed by atoms with van der Waals surface area (Å²) in [6.07, 6.45) is 0. The van der Waals surface area contributed by atoms with Crippen molar-refractivity contribution in [3.8, 4) is 11.4 Å². The van der Waals surface area contributed by atoms with Gasteiger partial charge in [0.2, 0.25) is 11.7 Å². The third-order valence-corrected chi connectivity index (χ3v) is 3.33. The highest BCUT2D eigenvalue weighted by Gasteiger charge is 2.18. The molecule has 1 aromatic heterocycles. The molecule has 2 aromatic rings. The van der Waals surface area contributed by atoms with Gasteiger partial charge in [-0.2, -0.15) is 4.98 Å². The van der Waals surface area contributed by atoms with Crippen LogP contribution in [0.3, 0.4) is 0 Å². The van der Waals surface area contributed by atoms with E-state index in [1.54, 1.807) is 0 Å². The van der Waals surface area contributed by atoms with Gasteiger partial charge in [-0.3, -0.25) is 0 Å². The van der Waals surface area contributed by atoms with Gasteiger partial charge in [0.05, 0.1) is 5.92 Å². The lowest BCUT2D eigenvalue weighted by molar-refractivity contribution is 0.346. The average Bonchev–Trinajstić information content (AvgIpc) is 2.87. The zero-order valence-electron chi connectivity index (χ0n) is 12.9. The van der Waals surface area contributed by atoms with Crippen molar-refractivity contribution in [2.75, 3.05) is 14.1 Å². The van der Waals surface area contributed by atoms with Gasteiger partial charge in [-0.1, -0.05) is 36.3 Å². The topological polar surface area (TPSA) is 68.2 Å². The summed E-state index contributed by atoms with van der Waals surface area (Å²) in [5.74, 6) is 1.26. The highest BCUT2D eigenvalue weighted by atomic mass is 35.5. The Labute approximate surface area is 131 Å². The van der Waals surface area contributed by atoms with Crippen LogP contribution in [0.15, 0.2) is 28.8 Å². The fraction of sp³-hybridized carbons (Fsp3) is 0.467. The molecule has 0 saturated carbocycles. The molecule has 0 aliphatic heterocycles. The van der Waals surface area contributed by atoms with Crippen LogP contribution in [0.1, 0.15) is 31.2 Å². The number of hydrogen-bond acceptors (Lipinski definition) is 5. The van der Waals surface area contributed by atoms with Gasteiger partial charge >= 0.3 is 0 Å². The number of halogens is 1.